The van der Waals surface area contributed by atoms with Gasteiger partial charge in [0.25, 0.3) is 0 Å². The van der Waals surface area contributed by atoms with Crippen molar-refractivity contribution >= 4 is 5.91 Å². The van der Waals surface area contributed by atoms with Crippen LogP contribution in [0.4, 0.5) is 0 Å². The van der Waals surface area contributed by atoms with Crippen LogP contribution in [0.2, 0.25) is 0 Å². The van der Waals surface area contributed by atoms with Gasteiger partial charge in [0.1, 0.15) is 0 Å². The van der Waals surface area contributed by atoms with Crippen LogP contribution in [0, 0.1) is 0 Å². The molecule has 2 aromatic carbocycles. The molecule has 0 radical (unpaired) electrons. The molecule has 1 aliphatic heterocycles. The van der Waals surface area contributed by atoms with Crippen molar-refractivity contribution in [2.45, 2.75) is 31.2 Å². The van der Waals surface area contributed by atoms with Crippen LogP contribution in [0.15, 0.2) is 85.2 Å². The van der Waals surface area contributed by atoms with E-state index in [1.807, 2.05) is 60.9 Å². The number of carbonyl (C=O) groups excluding carboxylic acids is 1. The van der Waals surface area contributed by atoms with E-state index in [2.05, 4.69) is 34.1 Å². The van der Waals surface area contributed by atoms with E-state index >= 15 is 0 Å². The first-order valence-corrected chi connectivity index (χ1v) is 9.62. The molecule has 0 bridgehead atoms. The molecule has 0 saturated carbocycles. The molecule has 27 heavy (non-hydrogen) atoms. The van der Waals surface area contributed by atoms with Gasteiger partial charge >= 0.3 is 0 Å². The van der Waals surface area contributed by atoms with Crippen LogP contribution in [0.1, 0.15) is 47.9 Å². The number of hydrogen-bond donors (Lipinski definition) is 0. The molecule has 3 aromatic rings. The van der Waals surface area contributed by atoms with Crippen LogP contribution >= 0.6 is 0 Å². The summed E-state index contributed by atoms with van der Waals surface area (Å²) in [5, 5.41) is 0. The van der Waals surface area contributed by atoms with Crippen molar-refractivity contribution in [2.75, 3.05) is 6.54 Å². The second kappa shape index (κ2) is 8.17. The number of hydrogen-bond acceptors (Lipinski definition) is 2. The van der Waals surface area contributed by atoms with Crippen molar-refractivity contribution in [1.82, 2.24) is 9.88 Å². The Kier molecular flexibility index (Phi) is 5.29. The minimum Gasteiger partial charge on any atom is -0.336 e. The molecule has 3 heteroatoms. The summed E-state index contributed by atoms with van der Waals surface area (Å²) >= 11 is 0. The summed E-state index contributed by atoms with van der Waals surface area (Å²) in [6.45, 7) is 0.835. The second-order valence-corrected chi connectivity index (χ2v) is 7.10. The van der Waals surface area contributed by atoms with Crippen LogP contribution in [0.5, 0.6) is 0 Å². The van der Waals surface area contributed by atoms with Crippen LogP contribution in [0.25, 0.3) is 0 Å². The van der Waals surface area contributed by atoms with Gasteiger partial charge in [-0.05, 0) is 41.7 Å². The van der Waals surface area contributed by atoms with Gasteiger partial charge in [0.15, 0.2) is 0 Å². The van der Waals surface area contributed by atoms with E-state index in [0.717, 1.165) is 19.4 Å². The average molecular weight is 356 g/mol. The van der Waals surface area contributed by atoms with E-state index in [1.165, 1.54) is 16.7 Å². The zero-order valence-electron chi connectivity index (χ0n) is 15.4. The highest BCUT2D eigenvalue weighted by molar-refractivity contribution is 5.78. The third-order valence-electron chi connectivity index (χ3n) is 5.45. The van der Waals surface area contributed by atoms with Gasteiger partial charge in [-0.15, -0.1) is 0 Å². The van der Waals surface area contributed by atoms with Crippen LogP contribution in [0.3, 0.4) is 0 Å². The lowest BCUT2D eigenvalue weighted by molar-refractivity contribution is -0.132. The highest BCUT2D eigenvalue weighted by Crippen LogP contribution is 2.35. The molecule has 3 nitrogen and oxygen atoms in total. The van der Waals surface area contributed by atoms with Gasteiger partial charge in [0.05, 0.1) is 6.04 Å². The number of likely N-dealkylation sites (tertiary alicyclic amines) is 1. The quantitative estimate of drug-likeness (QED) is 0.647. The molecule has 0 spiro atoms. The van der Waals surface area contributed by atoms with Crippen LogP contribution in [-0.4, -0.2) is 22.3 Å². The number of amides is 1. The molecular formula is C24H24N2O. The predicted molar refractivity (Wildman–Crippen MR) is 107 cm³/mol. The molecule has 1 aliphatic rings. The average Bonchev–Trinajstić information content (AvgIpc) is 3.24. The third-order valence-corrected chi connectivity index (χ3v) is 5.45. The van der Waals surface area contributed by atoms with Crippen molar-refractivity contribution in [3.05, 3.63) is 102 Å². The van der Waals surface area contributed by atoms with E-state index in [9.17, 15) is 4.79 Å². The molecule has 1 amide bonds. The Labute approximate surface area is 160 Å². The SMILES string of the molecule is O=C(CC(c1ccccc1)c1ccccc1)N1CCCC1c1ccncc1. The van der Waals surface area contributed by atoms with Crippen molar-refractivity contribution < 1.29 is 4.79 Å². The molecule has 0 aliphatic carbocycles. The van der Waals surface area contributed by atoms with Crippen molar-refractivity contribution in [2.24, 2.45) is 0 Å². The van der Waals surface area contributed by atoms with Crippen molar-refractivity contribution in [3.8, 4) is 0 Å². The van der Waals surface area contributed by atoms with Gasteiger partial charge < -0.3 is 4.90 Å². The van der Waals surface area contributed by atoms with E-state index in [0.29, 0.717) is 6.42 Å². The Morgan fingerprint density at radius 3 is 2.11 bits per heavy atom. The second-order valence-electron chi connectivity index (χ2n) is 7.10. The zero-order chi connectivity index (χ0) is 18.5. The maximum absolute atomic E-state index is 13.3. The molecule has 4 rings (SSSR count). The minimum absolute atomic E-state index is 0.0820. The summed E-state index contributed by atoms with van der Waals surface area (Å²) in [7, 11) is 0. The van der Waals surface area contributed by atoms with Gasteiger partial charge in [-0.25, -0.2) is 0 Å². The molecule has 1 atom stereocenters. The molecule has 136 valence electrons. The highest BCUT2D eigenvalue weighted by Gasteiger charge is 2.31. The largest absolute Gasteiger partial charge is 0.336 e. The Morgan fingerprint density at radius 1 is 0.926 bits per heavy atom. The zero-order valence-corrected chi connectivity index (χ0v) is 15.4. The number of rotatable bonds is 5. The summed E-state index contributed by atoms with van der Waals surface area (Å²) in [5.41, 5.74) is 3.57. The summed E-state index contributed by atoms with van der Waals surface area (Å²) in [6, 6.07) is 24.9. The molecular weight excluding hydrogens is 332 g/mol. The summed E-state index contributed by atoms with van der Waals surface area (Å²) in [5.74, 6) is 0.311. The number of carbonyl (C=O) groups is 1. The Bertz CT molecular complexity index is 825. The Hall–Kier alpha value is -2.94. The predicted octanol–water partition coefficient (Wildman–Crippen LogP) is 4.97. The lowest BCUT2D eigenvalue weighted by Gasteiger charge is -2.27. The maximum atomic E-state index is 13.3. The monoisotopic (exact) mass is 356 g/mol. The van der Waals surface area contributed by atoms with Gasteiger partial charge in [0, 0.05) is 31.3 Å². The third kappa shape index (κ3) is 3.92. The molecule has 1 fully saturated rings. The lowest BCUT2D eigenvalue weighted by Crippen LogP contribution is -2.31. The smallest absolute Gasteiger partial charge is 0.224 e. The van der Waals surface area contributed by atoms with Crippen LogP contribution < -0.4 is 0 Å². The van der Waals surface area contributed by atoms with Crippen molar-refractivity contribution in [3.63, 3.8) is 0 Å². The summed E-state index contributed by atoms with van der Waals surface area (Å²) in [4.78, 5) is 19.5. The van der Waals surface area contributed by atoms with Gasteiger partial charge in [-0.2, -0.15) is 0 Å². The van der Waals surface area contributed by atoms with Crippen LogP contribution in [-0.2, 0) is 4.79 Å². The fraction of sp³-hybridized carbons (Fsp3) is 0.250. The van der Waals surface area contributed by atoms with Crippen molar-refractivity contribution in [1.29, 1.82) is 0 Å². The maximum Gasteiger partial charge on any atom is 0.224 e. The van der Waals surface area contributed by atoms with Gasteiger partial charge in [-0.1, -0.05) is 60.7 Å². The number of aromatic nitrogens is 1. The summed E-state index contributed by atoms with van der Waals surface area (Å²) < 4.78 is 0. The molecule has 1 unspecified atom stereocenters. The lowest BCUT2D eigenvalue weighted by atomic mass is 9.88. The first-order chi connectivity index (χ1) is 13.3. The number of pyridine rings is 1. The molecule has 1 aromatic heterocycles. The van der Waals surface area contributed by atoms with Gasteiger partial charge in [0.2, 0.25) is 5.91 Å². The fourth-order valence-corrected chi connectivity index (χ4v) is 4.09. The Balaban J connectivity index is 1.58. The van der Waals surface area contributed by atoms with Gasteiger partial charge in [-0.3, -0.25) is 9.78 Å². The van der Waals surface area contributed by atoms with E-state index in [4.69, 9.17) is 0 Å². The topological polar surface area (TPSA) is 33.2 Å². The number of benzene rings is 2. The van der Waals surface area contributed by atoms with E-state index in [1.54, 1.807) is 0 Å². The molecule has 2 heterocycles. The van der Waals surface area contributed by atoms with E-state index in [-0.39, 0.29) is 17.9 Å². The fourth-order valence-electron chi connectivity index (χ4n) is 4.09. The molecule has 1 saturated heterocycles. The molecule has 0 N–H and O–H groups in total. The number of nitrogens with zero attached hydrogens (tertiary/aromatic N) is 2. The van der Waals surface area contributed by atoms with E-state index < -0.39 is 0 Å². The highest BCUT2D eigenvalue weighted by atomic mass is 16.2. The Morgan fingerprint density at radius 2 is 1.52 bits per heavy atom. The normalized spacial score (nSPS) is 16.6. The first kappa shape index (κ1) is 17.5. The standard InChI is InChI=1S/C24H24N2O/c27-24(26-17-7-12-23(26)21-13-15-25-16-14-21)18-22(19-8-3-1-4-9-19)20-10-5-2-6-11-20/h1-6,8-11,13-16,22-23H,7,12,17-18H2. The minimum atomic E-state index is 0.0820. The first-order valence-electron chi connectivity index (χ1n) is 9.62. The summed E-state index contributed by atoms with van der Waals surface area (Å²) in [6.07, 6.45) is 6.20.